The van der Waals surface area contributed by atoms with Gasteiger partial charge in [-0.3, -0.25) is 0 Å². The van der Waals surface area contributed by atoms with Crippen LogP contribution >= 0.6 is 0 Å². The topological polar surface area (TPSA) is 60.7 Å². The third-order valence-corrected chi connectivity index (χ3v) is 0.993. The summed E-state index contributed by atoms with van der Waals surface area (Å²) in [7, 11) is 0. The van der Waals surface area contributed by atoms with Crippen LogP contribution in [0.3, 0.4) is 0 Å². The number of aromatic hydroxyl groups is 3. The summed E-state index contributed by atoms with van der Waals surface area (Å²) in [4.78, 5) is 0. The summed E-state index contributed by atoms with van der Waals surface area (Å²) < 4.78 is 0. The van der Waals surface area contributed by atoms with E-state index in [1.54, 1.807) is 0 Å². The number of hydrogen-bond donors (Lipinski definition) is 3. The van der Waals surface area contributed by atoms with Gasteiger partial charge in [-0.15, -0.1) is 0 Å². The molecule has 0 bridgehead atoms. The predicted octanol–water partition coefficient (Wildman–Crippen LogP) is 0.423. The molecule has 0 heterocycles. The van der Waals surface area contributed by atoms with Gasteiger partial charge >= 0.3 is 0 Å². The largest absolute Gasteiger partial charge is 0.504 e. The van der Waals surface area contributed by atoms with Crippen LogP contribution < -0.4 is 0 Å². The molecule has 49 valence electrons. The molecule has 0 saturated heterocycles. The summed E-state index contributed by atoms with van der Waals surface area (Å²) in [5.41, 5.74) is 0. The van der Waals surface area contributed by atoms with Gasteiger partial charge in [-0.25, -0.2) is 0 Å². The first-order chi connectivity index (χ1) is 4.22. The number of para-hydroxylation sites is 1. The van der Waals surface area contributed by atoms with Crippen LogP contribution in [0.15, 0.2) is 18.2 Å². The first kappa shape index (κ1) is 10.3. The van der Waals surface area contributed by atoms with Crippen LogP contribution in [-0.2, 0) is 0 Å². The van der Waals surface area contributed by atoms with Crippen molar-refractivity contribution in [2.75, 3.05) is 0 Å². The van der Waals surface area contributed by atoms with Crippen LogP contribution in [0.25, 0.3) is 0 Å². The maximum absolute atomic E-state index is 8.71. The Balaban J connectivity index is 0.000000810. The Morgan fingerprint density at radius 2 is 1.30 bits per heavy atom. The molecule has 0 atom stereocenters. The fourth-order valence-electron chi connectivity index (χ4n) is 0.519. The minimum atomic E-state index is -0.475. The number of rotatable bonds is 0. The molecule has 0 spiro atoms. The standard InChI is InChI=1S/C6H6O3.K/c7-4-2-1-3-5(8)6(4)9;/h1-3,7-9H;. The maximum Gasteiger partial charge on any atom is 0.200 e. The van der Waals surface area contributed by atoms with Gasteiger partial charge in [0.1, 0.15) is 0 Å². The molecule has 1 aromatic rings. The fourth-order valence-corrected chi connectivity index (χ4v) is 0.519. The average molecular weight is 165 g/mol. The molecule has 4 heteroatoms. The third-order valence-electron chi connectivity index (χ3n) is 0.993. The van der Waals surface area contributed by atoms with E-state index in [0.29, 0.717) is 0 Å². The average Bonchev–Trinajstić information content (AvgIpc) is 1.83. The second-order valence-electron chi connectivity index (χ2n) is 1.64. The Kier molecular flexibility index (Phi) is 4.31. The van der Waals surface area contributed by atoms with Gasteiger partial charge in [0, 0.05) is 51.4 Å². The molecule has 1 aromatic carbocycles. The molecule has 0 saturated carbocycles. The van der Waals surface area contributed by atoms with Crippen LogP contribution in [0.5, 0.6) is 17.2 Å². The Morgan fingerprint density at radius 1 is 0.900 bits per heavy atom. The monoisotopic (exact) mass is 165 g/mol. The van der Waals surface area contributed by atoms with Crippen molar-refractivity contribution in [2.24, 2.45) is 0 Å². The molecule has 0 aliphatic rings. The van der Waals surface area contributed by atoms with E-state index < -0.39 is 5.75 Å². The molecule has 1 radical (unpaired) electrons. The van der Waals surface area contributed by atoms with Gasteiger partial charge < -0.3 is 15.3 Å². The summed E-state index contributed by atoms with van der Waals surface area (Å²) in [6, 6.07) is 4.01. The van der Waals surface area contributed by atoms with Gasteiger partial charge in [0.25, 0.3) is 0 Å². The number of hydrogen-bond acceptors (Lipinski definition) is 3. The van der Waals surface area contributed by atoms with Crippen LogP contribution in [0.1, 0.15) is 0 Å². The second kappa shape index (κ2) is 4.20. The molecule has 0 unspecified atom stereocenters. The number of phenolic OH excluding ortho intramolecular Hbond substituents is 3. The first-order valence-electron chi connectivity index (χ1n) is 2.41. The van der Waals surface area contributed by atoms with Gasteiger partial charge in [-0.05, 0) is 12.1 Å². The van der Waals surface area contributed by atoms with Gasteiger partial charge in [0.05, 0.1) is 0 Å². The zero-order chi connectivity index (χ0) is 6.85. The van der Waals surface area contributed by atoms with E-state index in [-0.39, 0.29) is 62.9 Å². The van der Waals surface area contributed by atoms with Crippen LogP contribution in [-0.4, -0.2) is 66.7 Å². The zero-order valence-corrected chi connectivity index (χ0v) is 8.70. The van der Waals surface area contributed by atoms with Crippen molar-refractivity contribution in [2.45, 2.75) is 0 Å². The molecule has 0 fully saturated rings. The summed E-state index contributed by atoms with van der Waals surface area (Å²) in [5.74, 6) is -1.09. The van der Waals surface area contributed by atoms with Crippen molar-refractivity contribution in [1.29, 1.82) is 0 Å². The summed E-state index contributed by atoms with van der Waals surface area (Å²) >= 11 is 0. The Hall–Kier alpha value is 0.256. The van der Waals surface area contributed by atoms with Gasteiger partial charge in [-0.2, -0.15) is 0 Å². The van der Waals surface area contributed by atoms with Crippen molar-refractivity contribution in [3.05, 3.63) is 18.2 Å². The summed E-state index contributed by atoms with van der Waals surface area (Å²) in [6.45, 7) is 0. The van der Waals surface area contributed by atoms with Gasteiger partial charge in [-0.1, -0.05) is 6.07 Å². The van der Waals surface area contributed by atoms with Crippen molar-refractivity contribution in [1.82, 2.24) is 0 Å². The molecule has 3 N–H and O–H groups in total. The smallest absolute Gasteiger partial charge is 0.200 e. The third kappa shape index (κ3) is 2.14. The normalized spacial score (nSPS) is 8.40. The van der Waals surface area contributed by atoms with Crippen molar-refractivity contribution >= 4 is 51.4 Å². The van der Waals surface area contributed by atoms with E-state index in [9.17, 15) is 0 Å². The SMILES string of the molecule is Oc1cccc(O)c1O.[K]. The van der Waals surface area contributed by atoms with Crippen molar-refractivity contribution in [3.63, 3.8) is 0 Å². The van der Waals surface area contributed by atoms with E-state index in [1.165, 1.54) is 18.2 Å². The summed E-state index contributed by atoms with van der Waals surface area (Å²) in [6.07, 6.45) is 0. The summed E-state index contributed by atoms with van der Waals surface area (Å²) in [5, 5.41) is 26.1. The number of benzene rings is 1. The van der Waals surface area contributed by atoms with E-state index in [0.717, 1.165) is 0 Å². The van der Waals surface area contributed by atoms with Gasteiger partial charge in [0.15, 0.2) is 17.2 Å². The van der Waals surface area contributed by atoms with Crippen molar-refractivity contribution < 1.29 is 15.3 Å². The fraction of sp³-hybridized carbons (Fsp3) is 0. The van der Waals surface area contributed by atoms with Gasteiger partial charge in [0.2, 0.25) is 0 Å². The van der Waals surface area contributed by atoms with Crippen LogP contribution in [0, 0.1) is 0 Å². The Morgan fingerprint density at radius 3 is 1.60 bits per heavy atom. The zero-order valence-electron chi connectivity index (χ0n) is 5.57. The molecule has 0 aliphatic carbocycles. The molecular formula is C6H6KO3. The Labute approximate surface area is 101 Å². The predicted molar refractivity (Wildman–Crippen MR) is 37.2 cm³/mol. The van der Waals surface area contributed by atoms with E-state index in [1.807, 2.05) is 0 Å². The first-order valence-corrected chi connectivity index (χ1v) is 2.41. The molecule has 3 nitrogen and oxygen atoms in total. The van der Waals surface area contributed by atoms with E-state index >= 15 is 0 Å². The van der Waals surface area contributed by atoms with E-state index in [2.05, 4.69) is 0 Å². The molecular weight excluding hydrogens is 159 g/mol. The quantitative estimate of drug-likeness (QED) is 0.386. The molecule has 0 aliphatic heterocycles. The molecule has 1 rings (SSSR count). The minimum Gasteiger partial charge on any atom is -0.504 e. The van der Waals surface area contributed by atoms with Crippen molar-refractivity contribution in [3.8, 4) is 17.2 Å². The van der Waals surface area contributed by atoms with Crippen LogP contribution in [0.2, 0.25) is 0 Å². The van der Waals surface area contributed by atoms with Crippen LogP contribution in [0.4, 0.5) is 0 Å². The number of phenols is 3. The maximum atomic E-state index is 8.71. The molecule has 0 aromatic heterocycles. The minimum absolute atomic E-state index is 0. The van der Waals surface area contributed by atoms with E-state index in [4.69, 9.17) is 15.3 Å². The molecule has 0 amide bonds. The second-order valence-corrected chi connectivity index (χ2v) is 1.64. The molecule has 10 heavy (non-hydrogen) atoms. The Bertz CT molecular complexity index is 204.